The number of alkyl halides is 3. The fourth-order valence-corrected chi connectivity index (χ4v) is 2.23. The normalized spacial score (nSPS) is 11.8. The first kappa shape index (κ1) is 13.0. The summed E-state index contributed by atoms with van der Waals surface area (Å²) in [6.07, 6.45) is -4.59. The van der Waals surface area contributed by atoms with Crippen LogP contribution in [0.2, 0.25) is 5.02 Å². The fourth-order valence-electron chi connectivity index (χ4n) is 1.17. The van der Waals surface area contributed by atoms with E-state index < -0.39 is 17.0 Å². The van der Waals surface area contributed by atoms with Gasteiger partial charge in [0, 0.05) is 5.56 Å². The van der Waals surface area contributed by atoms with E-state index in [2.05, 4.69) is 10.2 Å². The predicted molar refractivity (Wildman–Crippen MR) is 59.7 cm³/mol. The number of benzene rings is 1. The van der Waals surface area contributed by atoms with Crippen molar-refractivity contribution in [1.82, 2.24) is 10.2 Å². The molecule has 0 aliphatic heterocycles. The number of nitrogen functional groups attached to an aromatic ring is 1. The van der Waals surface area contributed by atoms with Crippen LogP contribution in [0.25, 0.3) is 10.6 Å². The molecule has 0 saturated carbocycles. The molecule has 1 aromatic carbocycles. The minimum atomic E-state index is -4.59. The van der Waals surface area contributed by atoms with Gasteiger partial charge in [0.2, 0.25) is 5.01 Å². The molecule has 1 aromatic heterocycles. The standard InChI is InChI=1S/C9H4ClF4N3S/c10-4-2-6(15)5(11)1-3(4)7-16-17-8(18-7)9(12,13)14/h1-2H,15H2. The Balaban J connectivity index is 2.50. The molecular formula is C9H4ClF4N3S. The molecule has 0 unspecified atom stereocenters. The zero-order chi connectivity index (χ0) is 13.5. The maximum atomic E-state index is 13.2. The number of nitrogens with zero attached hydrogens (tertiary/aromatic N) is 2. The molecule has 2 N–H and O–H groups in total. The summed E-state index contributed by atoms with van der Waals surface area (Å²) < 4.78 is 50.3. The third-order valence-electron chi connectivity index (χ3n) is 1.98. The lowest BCUT2D eigenvalue weighted by Gasteiger charge is -2.02. The Bertz CT molecular complexity index is 596. The van der Waals surface area contributed by atoms with Crippen molar-refractivity contribution in [3.63, 3.8) is 0 Å². The minimum absolute atomic E-state index is 0.0128. The summed E-state index contributed by atoms with van der Waals surface area (Å²) in [5.74, 6) is -0.779. The third kappa shape index (κ3) is 2.39. The van der Waals surface area contributed by atoms with E-state index in [4.69, 9.17) is 17.3 Å². The van der Waals surface area contributed by atoms with Crippen molar-refractivity contribution in [2.75, 3.05) is 5.73 Å². The molecule has 0 aliphatic carbocycles. The van der Waals surface area contributed by atoms with Gasteiger partial charge >= 0.3 is 6.18 Å². The maximum absolute atomic E-state index is 13.2. The summed E-state index contributed by atoms with van der Waals surface area (Å²) in [7, 11) is 0. The van der Waals surface area contributed by atoms with Crippen LogP contribution in [-0.2, 0) is 6.18 Å². The monoisotopic (exact) mass is 297 g/mol. The molecule has 0 amide bonds. The van der Waals surface area contributed by atoms with Crippen LogP contribution in [0.4, 0.5) is 23.2 Å². The van der Waals surface area contributed by atoms with Gasteiger partial charge in [-0.25, -0.2) is 4.39 Å². The Morgan fingerprint density at radius 3 is 2.44 bits per heavy atom. The van der Waals surface area contributed by atoms with Crippen molar-refractivity contribution in [3.05, 3.63) is 28.0 Å². The molecule has 0 fully saturated rings. The second kappa shape index (κ2) is 4.36. The highest BCUT2D eigenvalue weighted by Crippen LogP contribution is 2.37. The van der Waals surface area contributed by atoms with E-state index in [1.807, 2.05) is 0 Å². The molecule has 0 aliphatic rings. The number of hydrogen-bond acceptors (Lipinski definition) is 4. The van der Waals surface area contributed by atoms with E-state index in [1.54, 1.807) is 0 Å². The molecule has 96 valence electrons. The lowest BCUT2D eigenvalue weighted by Crippen LogP contribution is -2.03. The summed E-state index contributed by atoms with van der Waals surface area (Å²) in [4.78, 5) is 0. The maximum Gasteiger partial charge on any atom is 0.445 e. The summed E-state index contributed by atoms with van der Waals surface area (Å²) in [6, 6.07) is 2.04. The number of nitrogens with two attached hydrogens (primary N) is 1. The second-order valence-corrected chi connectivity index (χ2v) is 4.65. The molecule has 2 aromatic rings. The highest BCUT2D eigenvalue weighted by molar-refractivity contribution is 7.14. The highest BCUT2D eigenvalue weighted by Gasteiger charge is 2.36. The SMILES string of the molecule is Nc1cc(Cl)c(-c2nnc(C(F)(F)F)s2)cc1F. The van der Waals surface area contributed by atoms with Gasteiger partial charge in [-0.1, -0.05) is 22.9 Å². The number of rotatable bonds is 1. The lowest BCUT2D eigenvalue weighted by molar-refractivity contribution is -0.138. The zero-order valence-electron chi connectivity index (χ0n) is 8.42. The van der Waals surface area contributed by atoms with Crippen molar-refractivity contribution < 1.29 is 17.6 Å². The largest absolute Gasteiger partial charge is 0.445 e. The average Bonchev–Trinajstić information content (AvgIpc) is 2.72. The molecule has 1 heterocycles. The van der Waals surface area contributed by atoms with E-state index >= 15 is 0 Å². The molecule has 18 heavy (non-hydrogen) atoms. The number of hydrogen-bond donors (Lipinski definition) is 1. The van der Waals surface area contributed by atoms with Crippen LogP contribution < -0.4 is 5.73 Å². The van der Waals surface area contributed by atoms with E-state index in [0.717, 1.165) is 12.1 Å². The van der Waals surface area contributed by atoms with Gasteiger partial charge in [0.25, 0.3) is 0 Å². The third-order valence-corrected chi connectivity index (χ3v) is 3.30. The van der Waals surface area contributed by atoms with Crippen molar-refractivity contribution >= 4 is 28.6 Å². The molecule has 0 bridgehead atoms. The number of anilines is 1. The first-order chi connectivity index (χ1) is 8.29. The van der Waals surface area contributed by atoms with Crippen molar-refractivity contribution in [1.29, 1.82) is 0 Å². The van der Waals surface area contributed by atoms with Crippen molar-refractivity contribution in [3.8, 4) is 10.6 Å². The van der Waals surface area contributed by atoms with Gasteiger partial charge in [-0.2, -0.15) is 13.2 Å². The smallest absolute Gasteiger partial charge is 0.396 e. The molecule has 0 atom stereocenters. The van der Waals surface area contributed by atoms with E-state index in [9.17, 15) is 17.6 Å². The number of halogens is 5. The Hall–Kier alpha value is -1.41. The lowest BCUT2D eigenvalue weighted by atomic mass is 10.2. The van der Waals surface area contributed by atoms with Gasteiger partial charge < -0.3 is 5.73 Å². The molecule has 0 spiro atoms. The highest BCUT2D eigenvalue weighted by atomic mass is 35.5. The van der Waals surface area contributed by atoms with Crippen LogP contribution >= 0.6 is 22.9 Å². The second-order valence-electron chi connectivity index (χ2n) is 3.26. The van der Waals surface area contributed by atoms with Crippen LogP contribution in [0.1, 0.15) is 5.01 Å². The summed E-state index contributed by atoms with van der Waals surface area (Å²) in [6.45, 7) is 0. The first-order valence-corrected chi connectivity index (χ1v) is 5.64. The molecule has 0 radical (unpaired) electrons. The Labute approximate surface area is 107 Å². The quantitative estimate of drug-likeness (QED) is 0.646. The first-order valence-electron chi connectivity index (χ1n) is 4.44. The van der Waals surface area contributed by atoms with Gasteiger partial charge in [0.15, 0.2) is 0 Å². The Morgan fingerprint density at radius 1 is 1.22 bits per heavy atom. The summed E-state index contributed by atoms with van der Waals surface area (Å²) >= 11 is 6.05. The van der Waals surface area contributed by atoms with Crippen LogP contribution in [-0.4, -0.2) is 10.2 Å². The van der Waals surface area contributed by atoms with Gasteiger partial charge in [-0.15, -0.1) is 10.2 Å². The zero-order valence-corrected chi connectivity index (χ0v) is 10.00. The van der Waals surface area contributed by atoms with Gasteiger partial charge in [0.1, 0.15) is 10.8 Å². The van der Waals surface area contributed by atoms with Gasteiger partial charge in [-0.3, -0.25) is 0 Å². The van der Waals surface area contributed by atoms with Crippen LogP contribution in [0.3, 0.4) is 0 Å². The number of aromatic nitrogens is 2. The van der Waals surface area contributed by atoms with E-state index in [0.29, 0.717) is 0 Å². The summed E-state index contributed by atoms with van der Waals surface area (Å²) in [5.41, 5.74) is 5.10. The fraction of sp³-hybridized carbons (Fsp3) is 0.111. The van der Waals surface area contributed by atoms with Gasteiger partial charge in [-0.05, 0) is 12.1 Å². The Kier molecular flexibility index (Phi) is 3.16. The minimum Gasteiger partial charge on any atom is -0.396 e. The van der Waals surface area contributed by atoms with Gasteiger partial charge in [0.05, 0.1) is 10.7 Å². The van der Waals surface area contributed by atoms with Crippen molar-refractivity contribution in [2.24, 2.45) is 0 Å². The molecule has 0 saturated heterocycles. The molecule has 2 rings (SSSR count). The molecule has 3 nitrogen and oxygen atoms in total. The summed E-state index contributed by atoms with van der Waals surface area (Å²) in [5, 5.41) is 5.10. The predicted octanol–water partition coefficient (Wildman–Crippen LogP) is 3.60. The van der Waals surface area contributed by atoms with E-state index in [-0.39, 0.29) is 32.6 Å². The Morgan fingerprint density at radius 2 is 1.89 bits per heavy atom. The van der Waals surface area contributed by atoms with Crippen molar-refractivity contribution in [2.45, 2.75) is 6.18 Å². The molecular weight excluding hydrogens is 294 g/mol. The topological polar surface area (TPSA) is 51.8 Å². The van der Waals surface area contributed by atoms with E-state index in [1.165, 1.54) is 0 Å². The average molecular weight is 298 g/mol. The van der Waals surface area contributed by atoms with Crippen LogP contribution in [0, 0.1) is 5.82 Å². The molecule has 9 heteroatoms. The van der Waals surface area contributed by atoms with Crippen LogP contribution in [0.5, 0.6) is 0 Å². The van der Waals surface area contributed by atoms with Crippen LogP contribution in [0.15, 0.2) is 12.1 Å².